The van der Waals surface area contributed by atoms with Crippen molar-refractivity contribution in [2.24, 2.45) is 0 Å². The van der Waals surface area contributed by atoms with E-state index in [2.05, 4.69) is 26.1 Å². The first kappa shape index (κ1) is 15.0. The van der Waals surface area contributed by atoms with E-state index in [1.807, 2.05) is 0 Å². The molecule has 0 bridgehead atoms. The molecule has 1 saturated carbocycles. The fraction of sp³-hybridized carbons (Fsp3) is 1.00. The Morgan fingerprint density at radius 2 is 1.76 bits per heavy atom. The first-order valence-corrected chi connectivity index (χ1v) is 7.61. The SMILES string of the molecule is CCCNCC1(OC(C)CC)CCCCCC1. The molecule has 0 heterocycles. The van der Waals surface area contributed by atoms with Gasteiger partial charge in [-0.15, -0.1) is 0 Å². The molecule has 1 atom stereocenters. The second-order valence-electron chi connectivity index (χ2n) is 5.61. The lowest BCUT2D eigenvalue weighted by atomic mass is 9.93. The van der Waals surface area contributed by atoms with E-state index in [0.29, 0.717) is 6.10 Å². The molecule has 1 aliphatic carbocycles. The summed E-state index contributed by atoms with van der Waals surface area (Å²) in [5, 5.41) is 3.58. The summed E-state index contributed by atoms with van der Waals surface area (Å²) in [6.45, 7) is 8.82. The first-order valence-electron chi connectivity index (χ1n) is 7.61. The van der Waals surface area contributed by atoms with Gasteiger partial charge >= 0.3 is 0 Å². The number of hydrogen-bond acceptors (Lipinski definition) is 2. The average Bonchev–Trinajstić information content (AvgIpc) is 2.55. The largest absolute Gasteiger partial charge is 0.371 e. The van der Waals surface area contributed by atoms with Crippen LogP contribution in [0.5, 0.6) is 0 Å². The minimum absolute atomic E-state index is 0.126. The molecule has 1 fully saturated rings. The van der Waals surface area contributed by atoms with Crippen LogP contribution in [0.25, 0.3) is 0 Å². The van der Waals surface area contributed by atoms with E-state index in [-0.39, 0.29) is 5.60 Å². The van der Waals surface area contributed by atoms with Gasteiger partial charge in [0.25, 0.3) is 0 Å². The maximum Gasteiger partial charge on any atom is 0.0809 e. The highest BCUT2D eigenvalue weighted by Crippen LogP contribution is 2.31. The smallest absolute Gasteiger partial charge is 0.0809 e. The number of hydrogen-bond donors (Lipinski definition) is 1. The van der Waals surface area contributed by atoms with Crippen LogP contribution in [0.2, 0.25) is 0 Å². The Labute approximate surface area is 108 Å². The van der Waals surface area contributed by atoms with Gasteiger partial charge in [0, 0.05) is 6.54 Å². The normalized spacial score (nSPS) is 22.1. The third-order valence-corrected chi connectivity index (χ3v) is 3.91. The average molecular weight is 241 g/mol. The number of ether oxygens (including phenoxy) is 1. The molecule has 2 heteroatoms. The summed E-state index contributed by atoms with van der Waals surface area (Å²) in [7, 11) is 0. The quantitative estimate of drug-likeness (QED) is 0.539. The van der Waals surface area contributed by atoms with Gasteiger partial charge in [-0.1, -0.05) is 39.5 Å². The Hall–Kier alpha value is -0.0800. The predicted molar refractivity (Wildman–Crippen MR) is 74.4 cm³/mol. The highest BCUT2D eigenvalue weighted by molar-refractivity contribution is 4.86. The molecule has 1 unspecified atom stereocenters. The summed E-state index contributed by atoms with van der Waals surface area (Å²) in [5.41, 5.74) is 0.126. The molecule has 1 N–H and O–H groups in total. The topological polar surface area (TPSA) is 21.3 Å². The Bertz CT molecular complexity index is 185. The van der Waals surface area contributed by atoms with Crippen LogP contribution in [0, 0.1) is 0 Å². The summed E-state index contributed by atoms with van der Waals surface area (Å²) >= 11 is 0. The van der Waals surface area contributed by atoms with Gasteiger partial charge in [-0.05, 0) is 39.2 Å². The fourth-order valence-electron chi connectivity index (χ4n) is 2.71. The minimum atomic E-state index is 0.126. The van der Waals surface area contributed by atoms with Crippen LogP contribution in [0.3, 0.4) is 0 Å². The van der Waals surface area contributed by atoms with Gasteiger partial charge in [0.05, 0.1) is 11.7 Å². The van der Waals surface area contributed by atoms with E-state index in [1.54, 1.807) is 0 Å². The van der Waals surface area contributed by atoms with Gasteiger partial charge in [0.2, 0.25) is 0 Å². The molecule has 0 amide bonds. The van der Waals surface area contributed by atoms with Crippen LogP contribution in [-0.4, -0.2) is 24.8 Å². The van der Waals surface area contributed by atoms with Crippen molar-refractivity contribution in [1.29, 1.82) is 0 Å². The summed E-state index contributed by atoms with van der Waals surface area (Å²) in [5.74, 6) is 0. The molecule has 0 aromatic heterocycles. The van der Waals surface area contributed by atoms with E-state index in [9.17, 15) is 0 Å². The molecule has 102 valence electrons. The second-order valence-corrected chi connectivity index (χ2v) is 5.61. The molecule has 0 radical (unpaired) electrons. The third kappa shape index (κ3) is 5.39. The molecule has 0 aromatic rings. The van der Waals surface area contributed by atoms with Crippen molar-refractivity contribution in [2.75, 3.05) is 13.1 Å². The van der Waals surface area contributed by atoms with Crippen molar-refractivity contribution in [3.8, 4) is 0 Å². The number of rotatable bonds is 7. The zero-order valence-electron chi connectivity index (χ0n) is 12.1. The van der Waals surface area contributed by atoms with Crippen LogP contribution >= 0.6 is 0 Å². The monoisotopic (exact) mass is 241 g/mol. The fourth-order valence-corrected chi connectivity index (χ4v) is 2.71. The standard InChI is InChI=1S/C15H31NO/c1-4-12-16-13-15(17-14(3)5-2)10-8-6-7-9-11-15/h14,16H,4-13H2,1-3H3. The van der Waals surface area contributed by atoms with Crippen molar-refractivity contribution >= 4 is 0 Å². The highest BCUT2D eigenvalue weighted by atomic mass is 16.5. The molecule has 1 aliphatic rings. The Balaban J connectivity index is 2.53. The van der Waals surface area contributed by atoms with E-state index in [4.69, 9.17) is 4.74 Å². The first-order chi connectivity index (χ1) is 8.22. The predicted octanol–water partition coefficient (Wildman–Crippen LogP) is 3.89. The second kappa shape index (κ2) is 8.10. The molecule has 2 nitrogen and oxygen atoms in total. The van der Waals surface area contributed by atoms with Crippen LogP contribution in [0.1, 0.15) is 72.1 Å². The molecular weight excluding hydrogens is 210 g/mol. The molecular formula is C15H31NO. The van der Waals surface area contributed by atoms with Gasteiger partial charge < -0.3 is 10.1 Å². The Morgan fingerprint density at radius 1 is 1.12 bits per heavy atom. The lowest BCUT2D eigenvalue weighted by Crippen LogP contribution is -2.45. The summed E-state index contributed by atoms with van der Waals surface area (Å²) < 4.78 is 6.39. The maximum atomic E-state index is 6.39. The van der Waals surface area contributed by atoms with Crippen molar-refractivity contribution in [2.45, 2.75) is 83.8 Å². The van der Waals surface area contributed by atoms with Gasteiger partial charge in [-0.25, -0.2) is 0 Å². The Morgan fingerprint density at radius 3 is 2.29 bits per heavy atom. The highest BCUT2D eigenvalue weighted by Gasteiger charge is 2.32. The van der Waals surface area contributed by atoms with Gasteiger partial charge in [0.1, 0.15) is 0 Å². The van der Waals surface area contributed by atoms with Crippen LogP contribution in [0.15, 0.2) is 0 Å². The lowest BCUT2D eigenvalue weighted by Gasteiger charge is -2.36. The lowest BCUT2D eigenvalue weighted by molar-refractivity contribution is -0.0951. The van der Waals surface area contributed by atoms with E-state index < -0.39 is 0 Å². The number of nitrogens with one attached hydrogen (secondary N) is 1. The zero-order valence-corrected chi connectivity index (χ0v) is 12.1. The molecule has 0 aliphatic heterocycles. The van der Waals surface area contributed by atoms with Gasteiger partial charge in [-0.3, -0.25) is 0 Å². The maximum absolute atomic E-state index is 6.39. The molecule has 0 aromatic carbocycles. The van der Waals surface area contributed by atoms with Crippen molar-refractivity contribution in [3.63, 3.8) is 0 Å². The van der Waals surface area contributed by atoms with E-state index >= 15 is 0 Å². The van der Waals surface area contributed by atoms with Crippen LogP contribution in [0.4, 0.5) is 0 Å². The Kier molecular flexibility index (Phi) is 7.14. The van der Waals surface area contributed by atoms with Crippen LogP contribution < -0.4 is 5.32 Å². The molecule has 1 rings (SSSR count). The van der Waals surface area contributed by atoms with E-state index in [1.165, 1.54) is 44.9 Å². The summed E-state index contributed by atoms with van der Waals surface area (Å²) in [6, 6.07) is 0. The van der Waals surface area contributed by atoms with Crippen molar-refractivity contribution in [1.82, 2.24) is 5.32 Å². The van der Waals surface area contributed by atoms with Crippen LogP contribution in [-0.2, 0) is 4.74 Å². The summed E-state index contributed by atoms with van der Waals surface area (Å²) in [4.78, 5) is 0. The zero-order chi connectivity index (χ0) is 12.6. The molecule has 0 spiro atoms. The van der Waals surface area contributed by atoms with Crippen molar-refractivity contribution in [3.05, 3.63) is 0 Å². The van der Waals surface area contributed by atoms with Gasteiger partial charge in [-0.2, -0.15) is 0 Å². The van der Waals surface area contributed by atoms with Gasteiger partial charge in [0.15, 0.2) is 0 Å². The molecule has 0 saturated heterocycles. The minimum Gasteiger partial charge on any atom is -0.371 e. The van der Waals surface area contributed by atoms with Crippen molar-refractivity contribution < 1.29 is 4.74 Å². The third-order valence-electron chi connectivity index (χ3n) is 3.91. The van der Waals surface area contributed by atoms with E-state index in [0.717, 1.165) is 19.5 Å². The summed E-state index contributed by atoms with van der Waals surface area (Å²) in [6.07, 6.45) is 10.7. The molecule has 17 heavy (non-hydrogen) atoms.